The zero-order valence-corrected chi connectivity index (χ0v) is 3.66. The summed E-state index contributed by atoms with van der Waals surface area (Å²) in [5, 5.41) is 16.5. The molecule has 3 heteroatoms. The van der Waals surface area contributed by atoms with Gasteiger partial charge in [0.05, 0.1) is 12.0 Å². The average molecular weight is 102 g/mol. The Morgan fingerprint density at radius 2 is 2.14 bits per heavy atom. The molecule has 1 aliphatic carbocycles. The molecule has 7 heavy (non-hydrogen) atoms. The molecule has 2 N–H and O–H groups in total. The number of carboxylic acids is 1. The highest BCUT2D eigenvalue weighted by atomic mass is 16.4. The average Bonchev–Trinajstić information content (AvgIpc) is 2.17. The number of aliphatic hydroxyl groups is 1. The lowest BCUT2D eigenvalue weighted by Crippen LogP contribution is -2.00. The highest BCUT2D eigenvalue weighted by Gasteiger charge is 2.41. The second-order valence-corrected chi connectivity index (χ2v) is 1.75. The molecule has 0 radical (unpaired) electrons. The lowest BCUT2D eigenvalue weighted by molar-refractivity contribution is -0.139. The van der Waals surface area contributed by atoms with Gasteiger partial charge in [-0.05, 0) is 6.42 Å². The quantitative estimate of drug-likeness (QED) is 0.467. The maximum atomic E-state index is 9.81. The van der Waals surface area contributed by atoms with E-state index in [1.165, 1.54) is 0 Å². The van der Waals surface area contributed by atoms with Gasteiger partial charge in [0.2, 0.25) is 0 Å². The van der Waals surface area contributed by atoms with Crippen LogP contribution in [0, 0.1) is 5.92 Å². The highest BCUT2D eigenvalue weighted by molar-refractivity contribution is 5.73. The number of rotatable bonds is 1. The predicted molar refractivity (Wildman–Crippen MR) is 21.7 cm³/mol. The van der Waals surface area contributed by atoms with Crippen LogP contribution >= 0.6 is 0 Å². The van der Waals surface area contributed by atoms with Crippen molar-refractivity contribution >= 4 is 5.97 Å². The summed E-state index contributed by atoms with van der Waals surface area (Å²) in [6.45, 7) is 0. The van der Waals surface area contributed by atoms with Gasteiger partial charge in [0.1, 0.15) is 0 Å². The summed E-state index contributed by atoms with van der Waals surface area (Å²) in [5.41, 5.74) is 0. The number of carbonyl (C=O) groups is 1. The SMILES string of the molecule is O=C(O)[C@H]1C[C@H]1O. The van der Waals surface area contributed by atoms with E-state index in [2.05, 4.69) is 0 Å². The third kappa shape index (κ3) is 0.718. The second-order valence-electron chi connectivity index (χ2n) is 1.75. The second kappa shape index (κ2) is 1.20. The van der Waals surface area contributed by atoms with Crippen LogP contribution in [-0.2, 0) is 4.79 Å². The van der Waals surface area contributed by atoms with E-state index >= 15 is 0 Å². The molecular formula is C4H6O3. The summed E-state index contributed by atoms with van der Waals surface area (Å²) in [7, 11) is 0. The van der Waals surface area contributed by atoms with Crippen molar-refractivity contribution < 1.29 is 15.0 Å². The molecule has 0 bridgehead atoms. The molecule has 1 rings (SSSR count). The van der Waals surface area contributed by atoms with Crippen LogP contribution in [0.2, 0.25) is 0 Å². The lowest BCUT2D eigenvalue weighted by atomic mass is 10.4. The molecule has 0 aliphatic heterocycles. The molecule has 3 nitrogen and oxygen atoms in total. The summed E-state index contributed by atoms with van der Waals surface area (Å²) < 4.78 is 0. The lowest BCUT2D eigenvalue weighted by Gasteiger charge is -1.79. The first-order valence-corrected chi connectivity index (χ1v) is 2.12. The zero-order valence-electron chi connectivity index (χ0n) is 3.66. The molecule has 0 aromatic carbocycles. The number of hydrogen-bond donors (Lipinski definition) is 2. The Morgan fingerprint density at radius 3 is 2.14 bits per heavy atom. The van der Waals surface area contributed by atoms with Gasteiger partial charge in [0.15, 0.2) is 0 Å². The van der Waals surface area contributed by atoms with Gasteiger partial charge in [0, 0.05) is 0 Å². The predicted octanol–water partition coefficient (Wildman–Crippen LogP) is -0.548. The fourth-order valence-electron chi connectivity index (χ4n) is 0.447. The van der Waals surface area contributed by atoms with Crippen LogP contribution in [0.3, 0.4) is 0 Å². The topological polar surface area (TPSA) is 57.5 Å². The van der Waals surface area contributed by atoms with Crippen molar-refractivity contribution in [2.45, 2.75) is 12.5 Å². The van der Waals surface area contributed by atoms with Crippen LogP contribution in [0.15, 0.2) is 0 Å². The molecule has 0 spiro atoms. The Hall–Kier alpha value is -0.570. The number of aliphatic carboxylic acids is 1. The molecule has 0 aromatic rings. The molecule has 0 aromatic heterocycles. The molecule has 1 fully saturated rings. The van der Waals surface area contributed by atoms with Crippen molar-refractivity contribution in [2.24, 2.45) is 5.92 Å². The molecule has 1 saturated carbocycles. The van der Waals surface area contributed by atoms with Gasteiger partial charge in [0.25, 0.3) is 0 Å². The first kappa shape index (κ1) is 4.59. The Morgan fingerprint density at radius 1 is 1.71 bits per heavy atom. The summed E-state index contributed by atoms with van der Waals surface area (Å²) >= 11 is 0. The molecule has 0 heterocycles. The van der Waals surface area contributed by atoms with Gasteiger partial charge < -0.3 is 10.2 Å². The largest absolute Gasteiger partial charge is 0.481 e. The van der Waals surface area contributed by atoms with Crippen molar-refractivity contribution in [1.29, 1.82) is 0 Å². The highest BCUT2D eigenvalue weighted by Crippen LogP contribution is 2.29. The number of carboxylic acid groups (broad SMARTS) is 1. The normalized spacial score (nSPS) is 37.9. The molecule has 0 saturated heterocycles. The van der Waals surface area contributed by atoms with Crippen molar-refractivity contribution in [3.63, 3.8) is 0 Å². The molecule has 40 valence electrons. The van der Waals surface area contributed by atoms with Gasteiger partial charge in [-0.1, -0.05) is 0 Å². The van der Waals surface area contributed by atoms with E-state index in [0.717, 1.165) is 0 Å². The first-order chi connectivity index (χ1) is 3.22. The molecule has 0 amide bonds. The standard InChI is InChI=1S/C4H6O3/c5-3-1-2(3)4(6)7/h2-3,5H,1H2,(H,6,7)/t2-,3+/m0/s1. The minimum atomic E-state index is -0.882. The molecule has 2 atom stereocenters. The van der Waals surface area contributed by atoms with Gasteiger partial charge in [-0.2, -0.15) is 0 Å². The van der Waals surface area contributed by atoms with Gasteiger partial charge >= 0.3 is 5.97 Å². The van der Waals surface area contributed by atoms with Crippen molar-refractivity contribution in [3.8, 4) is 0 Å². The maximum absolute atomic E-state index is 9.81. The van der Waals surface area contributed by atoms with Crippen LogP contribution in [0.25, 0.3) is 0 Å². The Kier molecular flexibility index (Phi) is 0.785. The monoisotopic (exact) mass is 102 g/mol. The number of hydrogen-bond acceptors (Lipinski definition) is 2. The Bertz CT molecular complexity index is 99.1. The van der Waals surface area contributed by atoms with Gasteiger partial charge in [-0.3, -0.25) is 4.79 Å². The van der Waals surface area contributed by atoms with Crippen LogP contribution in [0.4, 0.5) is 0 Å². The fourth-order valence-corrected chi connectivity index (χ4v) is 0.447. The van der Waals surface area contributed by atoms with E-state index in [-0.39, 0.29) is 0 Å². The minimum absolute atomic E-state index is 0.440. The summed E-state index contributed by atoms with van der Waals surface area (Å²) in [6.07, 6.45) is -0.118. The first-order valence-electron chi connectivity index (χ1n) is 2.12. The van der Waals surface area contributed by atoms with Crippen molar-refractivity contribution in [3.05, 3.63) is 0 Å². The molecule has 0 unspecified atom stereocenters. The third-order valence-corrected chi connectivity index (χ3v) is 1.07. The van der Waals surface area contributed by atoms with E-state index < -0.39 is 18.0 Å². The van der Waals surface area contributed by atoms with Crippen LogP contribution in [-0.4, -0.2) is 22.3 Å². The maximum Gasteiger partial charge on any atom is 0.309 e. The number of aliphatic hydroxyl groups excluding tert-OH is 1. The minimum Gasteiger partial charge on any atom is -0.481 e. The van der Waals surface area contributed by atoms with E-state index in [1.54, 1.807) is 0 Å². The van der Waals surface area contributed by atoms with Gasteiger partial charge in [-0.15, -0.1) is 0 Å². The van der Waals surface area contributed by atoms with E-state index in [0.29, 0.717) is 6.42 Å². The van der Waals surface area contributed by atoms with E-state index in [9.17, 15) is 4.79 Å². The summed E-state index contributed by atoms with van der Waals surface area (Å²) in [6, 6.07) is 0. The van der Waals surface area contributed by atoms with Crippen molar-refractivity contribution in [1.82, 2.24) is 0 Å². The summed E-state index contributed by atoms with van der Waals surface area (Å²) in [5.74, 6) is -1.34. The third-order valence-electron chi connectivity index (χ3n) is 1.07. The smallest absolute Gasteiger partial charge is 0.309 e. The molecule has 1 aliphatic rings. The van der Waals surface area contributed by atoms with E-state index in [4.69, 9.17) is 10.2 Å². The van der Waals surface area contributed by atoms with Crippen LogP contribution < -0.4 is 0 Å². The van der Waals surface area contributed by atoms with Crippen molar-refractivity contribution in [2.75, 3.05) is 0 Å². The Labute approximate surface area is 40.6 Å². The zero-order chi connectivity index (χ0) is 5.44. The van der Waals surface area contributed by atoms with Crippen LogP contribution in [0.5, 0.6) is 0 Å². The Balaban J connectivity index is 2.33. The van der Waals surface area contributed by atoms with E-state index in [1.807, 2.05) is 0 Å². The van der Waals surface area contributed by atoms with Gasteiger partial charge in [-0.25, -0.2) is 0 Å². The molecular weight excluding hydrogens is 96.0 g/mol. The fraction of sp³-hybridized carbons (Fsp3) is 0.750. The summed E-state index contributed by atoms with van der Waals surface area (Å²) in [4.78, 5) is 9.81. The van der Waals surface area contributed by atoms with Crippen LogP contribution in [0.1, 0.15) is 6.42 Å².